The molecule has 0 bridgehead atoms. The molecule has 0 aliphatic carbocycles. The number of carbonyl (C=O) groups excluding carboxylic acids is 7. The molecule has 8 atom stereocenters. The molecule has 1 aromatic carbocycles. The minimum absolute atomic E-state index is 0.0314. The van der Waals surface area contributed by atoms with Crippen LogP contribution in [0.1, 0.15) is 97.0 Å². The molecule has 7 amide bonds. The van der Waals surface area contributed by atoms with Crippen molar-refractivity contribution in [1.29, 1.82) is 0 Å². The number of aromatic amines is 1. The molecule has 0 spiro atoms. The molecule has 0 aliphatic heterocycles. The van der Waals surface area contributed by atoms with Crippen molar-refractivity contribution >= 4 is 64.2 Å². The van der Waals surface area contributed by atoms with E-state index < -0.39 is 108 Å². The van der Waals surface area contributed by atoms with Crippen molar-refractivity contribution in [3.8, 4) is 0 Å². The molecule has 18 N–H and O–H groups in total. The number of H-pyrrole nitrogens is 1. The van der Waals surface area contributed by atoms with Crippen LogP contribution < -0.4 is 54.8 Å². The second-order valence-corrected chi connectivity index (χ2v) is 16.7. The number of primary amides is 1. The first-order chi connectivity index (χ1) is 31.2. The number of fused-ring (bicyclic) bond motifs is 1. The number of unbranched alkanes of at least 4 members (excludes halogenated alkanes) is 2. The molecule has 368 valence electrons. The lowest BCUT2D eigenvalue weighted by molar-refractivity contribution is -0.142. The summed E-state index contributed by atoms with van der Waals surface area (Å²) >= 11 is 0. The van der Waals surface area contributed by atoms with Crippen LogP contribution in [0, 0.1) is 5.92 Å². The summed E-state index contributed by atoms with van der Waals surface area (Å²) < 4.78 is 0. The van der Waals surface area contributed by atoms with Gasteiger partial charge in [0.05, 0.1) is 12.1 Å². The van der Waals surface area contributed by atoms with E-state index in [1.807, 2.05) is 0 Å². The van der Waals surface area contributed by atoms with E-state index in [-0.39, 0.29) is 50.9 Å². The van der Waals surface area contributed by atoms with Crippen molar-refractivity contribution in [2.45, 2.75) is 146 Å². The molecule has 23 nitrogen and oxygen atoms in total. The van der Waals surface area contributed by atoms with Gasteiger partial charge in [0, 0.05) is 36.4 Å². The fourth-order valence-electron chi connectivity index (χ4n) is 6.93. The monoisotopic (exact) mass is 932 g/mol. The Bertz CT molecular complexity index is 1960. The highest BCUT2D eigenvalue weighted by Crippen LogP contribution is 2.20. The minimum Gasteiger partial charge on any atom is -0.481 e. The summed E-state index contributed by atoms with van der Waals surface area (Å²) in [5, 5.41) is 45.5. The Morgan fingerprint density at radius 2 is 1.14 bits per heavy atom. The number of aliphatic hydroxyl groups is 1. The molecule has 0 saturated carbocycles. The number of benzene rings is 1. The van der Waals surface area contributed by atoms with E-state index in [2.05, 4.69) is 36.9 Å². The molecule has 2 aromatic rings. The second-order valence-electron chi connectivity index (χ2n) is 16.7. The topological polar surface area (TPSA) is 406 Å². The van der Waals surface area contributed by atoms with Crippen molar-refractivity contribution in [2.75, 3.05) is 13.1 Å². The number of rotatable bonds is 32. The number of nitrogens with two attached hydrogens (primary N) is 4. The van der Waals surface area contributed by atoms with Crippen LogP contribution in [0.5, 0.6) is 0 Å². The highest BCUT2D eigenvalue weighted by Gasteiger charge is 2.36. The number of hydrogen-bond donors (Lipinski definition) is 14. The number of aromatic nitrogens is 1. The SMILES string of the molecule is CC(C)C[C@H](NC(=O)[C@@H](NC(=O)[C@H](Cc1c[nH]c2ccccc12)NC(=O)[C@H](CCC(N)=O)NC(=O)[C@@H](N)CCC(=O)O)[C@@H](C)O)C(=O)N[C@@H](CCCCN)C(=O)N[C@@H](CCCCN)C(=O)O. The van der Waals surface area contributed by atoms with Crippen LogP contribution in [0.3, 0.4) is 0 Å². The highest BCUT2D eigenvalue weighted by molar-refractivity contribution is 5.98. The van der Waals surface area contributed by atoms with E-state index in [0.717, 1.165) is 0 Å². The molecular weight excluding hydrogens is 863 g/mol. The van der Waals surface area contributed by atoms with Gasteiger partial charge in [-0.25, -0.2) is 4.79 Å². The van der Waals surface area contributed by atoms with Crippen molar-refractivity contribution in [3.05, 3.63) is 36.0 Å². The summed E-state index contributed by atoms with van der Waals surface area (Å²) in [7, 11) is 0. The number of carboxylic acids is 2. The van der Waals surface area contributed by atoms with Crippen molar-refractivity contribution in [3.63, 3.8) is 0 Å². The maximum Gasteiger partial charge on any atom is 0.326 e. The zero-order valence-corrected chi connectivity index (χ0v) is 37.8. The molecule has 66 heavy (non-hydrogen) atoms. The largest absolute Gasteiger partial charge is 0.481 e. The van der Waals surface area contributed by atoms with Crippen LogP contribution in [0.25, 0.3) is 10.9 Å². The Hall–Kier alpha value is -6.17. The number of aliphatic carboxylic acids is 2. The van der Waals surface area contributed by atoms with E-state index >= 15 is 0 Å². The van der Waals surface area contributed by atoms with E-state index in [1.54, 1.807) is 44.3 Å². The number of hydrogen-bond acceptors (Lipinski definition) is 13. The van der Waals surface area contributed by atoms with Gasteiger partial charge in [-0.1, -0.05) is 32.0 Å². The number of aliphatic hydroxyl groups excluding tert-OH is 1. The molecule has 0 saturated heterocycles. The predicted octanol–water partition coefficient (Wildman–Crippen LogP) is -2.15. The van der Waals surface area contributed by atoms with Gasteiger partial charge in [0.2, 0.25) is 41.4 Å². The fraction of sp³-hybridized carbons (Fsp3) is 0.605. The lowest BCUT2D eigenvalue weighted by Crippen LogP contribution is -2.62. The second kappa shape index (κ2) is 28.7. The quantitative estimate of drug-likeness (QED) is 0.0348. The smallest absolute Gasteiger partial charge is 0.326 e. The Morgan fingerprint density at radius 3 is 1.70 bits per heavy atom. The Labute approximate surface area is 383 Å². The average Bonchev–Trinajstić information content (AvgIpc) is 3.66. The van der Waals surface area contributed by atoms with Gasteiger partial charge in [0.15, 0.2) is 0 Å². The van der Waals surface area contributed by atoms with Crippen LogP contribution in [0.4, 0.5) is 0 Å². The molecular formula is C43H69N11O12. The lowest BCUT2D eigenvalue weighted by Gasteiger charge is -2.29. The molecule has 0 aliphatic rings. The number of para-hydroxylation sites is 1. The van der Waals surface area contributed by atoms with Crippen LogP contribution in [-0.4, -0.2) is 135 Å². The van der Waals surface area contributed by atoms with E-state index in [1.165, 1.54) is 6.92 Å². The Balaban J connectivity index is 2.44. The first kappa shape index (κ1) is 56.0. The van der Waals surface area contributed by atoms with Gasteiger partial charge in [-0.05, 0) is 95.3 Å². The standard InChI is InChI=1S/C43H69N11O12/c1-23(2)20-32(40(62)50-29(12-6-8-18-44)38(60)51-31(43(65)66)13-7-9-19-45)53-42(64)36(24(3)55)54-41(63)33(21-25-22-48-28-11-5-4-10-26(25)28)52-39(61)30(15-16-34(47)56)49-37(59)27(46)14-17-35(57)58/h4-5,10-11,22-24,27,29-33,36,48,55H,6-9,12-21,44-46H2,1-3H3,(H2,47,56)(H,49,59)(H,50,62)(H,51,60)(H,52,61)(H,53,64)(H,54,63)(H,57,58)(H,65,66)/t24-,27+,29+,30+,31+,32+,33+,36+/m1/s1. The molecule has 2 rings (SSSR count). The molecule has 1 aromatic heterocycles. The zero-order valence-electron chi connectivity index (χ0n) is 37.8. The molecule has 1 heterocycles. The predicted molar refractivity (Wildman–Crippen MR) is 241 cm³/mol. The third-order valence-corrected chi connectivity index (χ3v) is 10.6. The van der Waals surface area contributed by atoms with Gasteiger partial charge in [0.1, 0.15) is 36.3 Å². The third kappa shape index (κ3) is 19.5. The summed E-state index contributed by atoms with van der Waals surface area (Å²) in [6.45, 7) is 5.38. The first-order valence-corrected chi connectivity index (χ1v) is 22.1. The molecule has 23 heteroatoms. The Kier molecular flexibility index (Phi) is 24.3. The number of amides is 7. The maximum absolute atomic E-state index is 14.2. The van der Waals surface area contributed by atoms with Crippen molar-refractivity contribution in [1.82, 2.24) is 36.9 Å². The first-order valence-electron chi connectivity index (χ1n) is 22.1. The lowest BCUT2D eigenvalue weighted by atomic mass is 10.00. The fourth-order valence-corrected chi connectivity index (χ4v) is 6.93. The van der Waals surface area contributed by atoms with Crippen LogP contribution in [-0.2, 0) is 49.6 Å². The molecule has 0 unspecified atom stereocenters. The van der Waals surface area contributed by atoms with E-state index in [4.69, 9.17) is 28.0 Å². The van der Waals surface area contributed by atoms with Crippen LogP contribution >= 0.6 is 0 Å². The van der Waals surface area contributed by atoms with E-state index in [0.29, 0.717) is 55.2 Å². The summed E-state index contributed by atoms with van der Waals surface area (Å²) in [5.74, 6) is -8.91. The van der Waals surface area contributed by atoms with Crippen LogP contribution in [0.2, 0.25) is 0 Å². The van der Waals surface area contributed by atoms with Gasteiger partial charge in [-0.2, -0.15) is 0 Å². The van der Waals surface area contributed by atoms with Gasteiger partial charge in [-0.15, -0.1) is 0 Å². The minimum atomic E-state index is -1.73. The summed E-state index contributed by atoms with van der Waals surface area (Å²) in [5.41, 5.74) is 23.6. The number of carboxylic acid groups (broad SMARTS) is 2. The average molecular weight is 932 g/mol. The summed E-state index contributed by atoms with van der Waals surface area (Å²) in [6, 6.07) is -2.79. The van der Waals surface area contributed by atoms with Crippen molar-refractivity contribution < 1.29 is 58.5 Å². The third-order valence-electron chi connectivity index (χ3n) is 10.6. The zero-order chi connectivity index (χ0) is 49.5. The van der Waals surface area contributed by atoms with Gasteiger partial charge < -0.3 is 75.1 Å². The summed E-state index contributed by atoms with van der Waals surface area (Å²) in [6.07, 6.45) is 0.465. The van der Waals surface area contributed by atoms with Crippen molar-refractivity contribution in [2.24, 2.45) is 28.9 Å². The van der Waals surface area contributed by atoms with Gasteiger partial charge in [0.25, 0.3) is 0 Å². The van der Waals surface area contributed by atoms with E-state index in [9.17, 15) is 53.4 Å². The number of nitrogens with one attached hydrogen (secondary N) is 7. The normalized spacial score (nSPS) is 14.9. The highest BCUT2D eigenvalue weighted by atomic mass is 16.4. The Morgan fingerprint density at radius 1 is 0.621 bits per heavy atom. The maximum atomic E-state index is 14.2. The van der Waals surface area contributed by atoms with Gasteiger partial charge in [-0.3, -0.25) is 38.4 Å². The van der Waals surface area contributed by atoms with Crippen LogP contribution in [0.15, 0.2) is 30.5 Å². The summed E-state index contributed by atoms with van der Waals surface area (Å²) in [4.78, 5) is 120. The molecule has 0 radical (unpaired) electrons. The number of carbonyl (C=O) groups is 9. The molecule has 0 fully saturated rings. The van der Waals surface area contributed by atoms with Gasteiger partial charge >= 0.3 is 11.9 Å².